The first-order chi connectivity index (χ1) is 27.4. The summed E-state index contributed by atoms with van der Waals surface area (Å²) in [6.07, 6.45) is 8.78. The lowest BCUT2D eigenvalue weighted by Gasteiger charge is -2.14. The molecule has 3 aromatic heterocycles. The SMILES string of the molecule is Cc1cc(C)c(-c2c3nc(c(-c4c(C)cc(C)cc4C)c4ccc([nH]4)c(-c4c(C)cc(C)cc4C)c4nc(c(-c5ccccc5)c5ccc2[nH]5)C=C4)C=C3)c(C)c1. The number of aromatic nitrogens is 4. The van der Waals surface area contributed by atoms with Crippen molar-refractivity contribution < 1.29 is 0 Å². The first-order valence-electron chi connectivity index (χ1n) is 19.9. The minimum atomic E-state index is 0.916. The van der Waals surface area contributed by atoms with Crippen molar-refractivity contribution in [3.63, 3.8) is 0 Å². The molecule has 0 unspecified atom stereocenters. The molecule has 5 heterocycles. The molecule has 7 aromatic rings. The predicted molar refractivity (Wildman–Crippen MR) is 243 cm³/mol. The van der Waals surface area contributed by atoms with Gasteiger partial charge in [-0.25, -0.2) is 9.97 Å². The number of nitrogens with zero attached hydrogens (tertiary/aromatic N) is 2. The van der Waals surface area contributed by atoms with E-state index in [0.29, 0.717) is 0 Å². The van der Waals surface area contributed by atoms with Crippen LogP contribution in [0, 0.1) is 62.3 Å². The minimum absolute atomic E-state index is 0.916. The Morgan fingerprint density at radius 2 is 0.596 bits per heavy atom. The van der Waals surface area contributed by atoms with Crippen molar-refractivity contribution >= 4 is 46.4 Å². The monoisotopic (exact) mass is 740 g/mol. The van der Waals surface area contributed by atoms with Gasteiger partial charge in [0, 0.05) is 44.3 Å². The normalized spacial score (nSPS) is 12.2. The third-order valence-corrected chi connectivity index (χ3v) is 11.6. The number of aromatic amines is 2. The molecule has 0 saturated heterocycles. The molecule has 0 aliphatic carbocycles. The molecule has 2 N–H and O–H groups in total. The molecule has 4 aromatic carbocycles. The van der Waals surface area contributed by atoms with Gasteiger partial charge in [-0.3, -0.25) is 0 Å². The number of hydrogen-bond donors (Lipinski definition) is 2. The van der Waals surface area contributed by atoms with Crippen LogP contribution < -0.4 is 0 Å². The van der Waals surface area contributed by atoms with Crippen molar-refractivity contribution in [3.05, 3.63) is 164 Å². The van der Waals surface area contributed by atoms with Crippen molar-refractivity contribution in [1.29, 1.82) is 0 Å². The summed E-state index contributed by atoms with van der Waals surface area (Å²) in [5.41, 5.74) is 27.9. The molecule has 2 aliphatic rings. The second kappa shape index (κ2) is 13.9. The Labute approximate surface area is 335 Å². The van der Waals surface area contributed by atoms with E-state index < -0.39 is 0 Å². The van der Waals surface area contributed by atoms with Gasteiger partial charge in [-0.15, -0.1) is 0 Å². The van der Waals surface area contributed by atoms with E-state index in [1.165, 1.54) is 66.8 Å². The third kappa shape index (κ3) is 6.26. The summed E-state index contributed by atoms with van der Waals surface area (Å²) in [6, 6.07) is 33.2. The Bertz CT molecular complexity index is 2910. The van der Waals surface area contributed by atoms with Gasteiger partial charge < -0.3 is 9.97 Å². The number of benzene rings is 4. The number of hydrogen-bond acceptors (Lipinski definition) is 2. The summed E-state index contributed by atoms with van der Waals surface area (Å²) >= 11 is 0. The molecule has 280 valence electrons. The molecule has 0 fully saturated rings. The van der Waals surface area contributed by atoms with E-state index in [4.69, 9.17) is 9.97 Å². The highest BCUT2D eigenvalue weighted by molar-refractivity contribution is 6.01. The van der Waals surface area contributed by atoms with Crippen LogP contribution in [0.25, 0.3) is 90.9 Å². The lowest BCUT2D eigenvalue weighted by molar-refractivity contribution is 1.27. The van der Waals surface area contributed by atoms with Crippen molar-refractivity contribution in [2.45, 2.75) is 62.3 Å². The van der Waals surface area contributed by atoms with Gasteiger partial charge in [0.1, 0.15) is 0 Å². The van der Waals surface area contributed by atoms with Crippen LogP contribution in [0.4, 0.5) is 0 Å². The topological polar surface area (TPSA) is 57.4 Å². The predicted octanol–water partition coefficient (Wildman–Crippen LogP) is 14.1. The van der Waals surface area contributed by atoms with Gasteiger partial charge in [-0.05, 0) is 167 Å². The molecule has 0 spiro atoms. The third-order valence-electron chi connectivity index (χ3n) is 11.6. The number of H-pyrrole nitrogens is 2. The van der Waals surface area contributed by atoms with Crippen LogP contribution in [0.15, 0.2) is 91.0 Å². The molecule has 0 atom stereocenters. The second-order valence-corrected chi connectivity index (χ2v) is 16.2. The van der Waals surface area contributed by atoms with Gasteiger partial charge in [-0.1, -0.05) is 83.4 Å². The highest BCUT2D eigenvalue weighted by Crippen LogP contribution is 2.42. The Kier molecular flexibility index (Phi) is 8.81. The Morgan fingerprint density at radius 3 is 0.912 bits per heavy atom. The number of nitrogens with one attached hydrogen (secondary N) is 2. The average molecular weight is 741 g/mol. The van der Waals surface area contributed by atoms with Gasteiger partial charge in [0.2, 0.25) is 0 Å². The largest absolute Gasteiger partial charge is 0.354 e. The summed E-state index contributed by atoms with van der Waals surface area (Å²) in [5.74, 6) is 0. The van der Waals surface area contributed by atoms with Gasteiger partial charge in [0.25, 0.3) is 0 Å². The van der Waals surface area contributed by atoms with Crippen molar-refractivity contribution in [2.75, 3.05) is 0 Å². The molecule has 0 saturated carbocycles. The zero-order valence-electron chi connectivity index (χ0n) is 34.4. The molecule has 0 amide bonds. The maximum Gasteiger partial charge on any atom is 0.0737 e. The smallest absolute Gasteiger partial charge is 0.0737 e. The van der Waals surface area contributed by atoms with Crippen LogP contribution in [0.2, 0.25) is 0 Å². The summed E-state index contributed by atoms with van der Waals surface area (Å²) in [5, 5.41) is 0. The van der Waals surface area contributed by atoms with Crippen molar-refractivity contribution in [1.82, 2.24) is 19.9 Å². The van der Waals surface area contributed by atoms with Gasteiger partial charge in [0.05, 0.1) is 22.8 Å². The molecule has 0 radical (unpaired) electrons. The standard InChI is InChI=1S/C53H48N4/c1-29-23-32(4)47(33(5)24-29)51-41-17-15-39(54-41)50(38-13-11-10-12-14-38)40-16-18-42(55-40)52(48-34(6)25-30(2)26-35(48)7)44-20-22-46(57-44)53(45-21-19-43(51)56-45)49-36(8)27-31(3)28-37(49)9/h10-28,54,57H,1-9H3. The maximum atomic E-state index is 5.60. The Hall–Kier alpha value is -6.52. The minimum Gasteiger partial charge on any atom is -0.354 e. The fourth-order valence-electron chi connectivity index (χ4n) is 9.63. The van der Waals surface area contributed by atoms with Crippen LogP contribution in [0.5, 0.6) is 0 Å². The van der Waals surface area contributed by atoms with E-state index >= 15 is 0 Å². The van der Waals surface area contributed by atoms with E-state index in [-0.39, 0.29) is 0 Å². The van der Waals surface area contributed by atoms with Crippen LogP contribution in [-0.4, -0.2) is 19.9 Å². The first kappa shape index (κ1) is 36.1. The fourth-order valence-corrected chi connectivity index (χ4v) is 9.63. The lowest BCUT2D eigenvalue weighted by Crippen LogP contribution is -1.96. The molecule has 8 bridgehead atoms. The summed E-state index contributed by atoms with van der Waals surface area (Å²) in [4.78, 5) is 19.0. The van der Waals surface area contributed by atoms with Gasteiger partial charge >= 0.3 is 0 Å². The van der Waals surface area contributed by atoms with Crippen LogP contribution in [0.1, 0.15) is 72.8 Å². The summed E-state index contributed by atoms with van der Waals surface area (Å²) in [7, 11) is 0. The lowest BCUT2D eigenvalue weighted by atomic mass is 9.92. The summed E-state index contributed by atoms with van der Waals surface area (Å²) < 4.78 is 0. The van der Waals surface area contributed by atoms with Crippen LogP contribution in [0.3, 0.4) is 0 Å². The van der Waals surface area contributed by atoms with E-state index in [9.17, 15) is 0 Å². The van der Waals surface area contributed by atoms with Crippen LogP contribution >= 0.6 is 0 Å². The Balaban J connectivity index is 1.53. The van der Waals surface area contributed by atoms with E-state index in [1.54, 1.807) is 0 Å². The first-order valence-corrected chi connectivity index (χ1v) is 19.9. The average Bonchev–Trinajstić information content (AvgIpc) is 3.99. The van der Waals surface area contributed by atoms with Crippen molar-refractivity contribution in [3.8, 4) is 44.5 Å². The molecule has 4 nitrogen and oxygen atoms in total. The zero-order chi connectivity index (χ0) is 39.7. The zero-order valence-corrected chi connectivity index (χ0v) is 34.4. The fraction of sp³-hybridized carbons (Fsp3) is 0.170. The van der Waals surface area contributed by atoms with E-state index in [0.717, 1.165) is 72.7 Å². The quantitative estimate of drug-likeness (QED) is 0.189. The number of aryl methyl sites for hydroxylation is 9. The second-order valence-electron chi connectivity index (χ2n) is 16.2. The highest BCUT2D eigenvalue weighted by Gasteiger charge is 2.22. The molecule has 2 aliphatic heterocycles. The molecule has 4 heteroatoms. The van der Waals surface area contributed by atoms with E-state index in [1.807, 2.05) is 0 Å². The van der Waals surface area contributed by atoms with E-state index in [2.05, 4.69) is 188 Å². The highest BCUT2D eigenvalue weighted by atomic mass is 14.8. The molecular weight excluding hydrogens is 693 g/mol. The maximum absolute atomic E-state index is 5.60. The van der Waals surface area contributed by atoms with Crippen molar-refractivity contribution in [2.24, 2.45) is 0 Å². The number of fused-ring (bicyclic) bond motifs is 8. The molecule has 9 rings (SSSR count). The molecular formula is C53H48N4. The Morgan fingerprint density at radius 1 is 0.316 bits per heavy atom. The van der Waals surface area contributed by atoms with Crippen LogP contribution in [-0.2, 0) is 0 Å². The van der Waals surface area contributed by atoms with Gasteiger partial charge in [-0.2, -0.15) is 0 Å². The van der Waals surface area contributed by atoms with Gasteiger partial charge in [0.15, 0.2) is 0 Å². The number of rotatable bonds is 4. The molecule has 57 heavy (non-hydrogen) atoms. The summed E-state index contributed by atoms with van der Waals surface area (Å²) in [6.45, 7) is 19.8.